The Balaban J connectivity index is 2.61. The molecule has 0 aliphatic carbocycles. The van der Waals surface area contributed by atoms with Crippen molar-refractivity contribution in [3.63, 3.8) is 0 Å². The Morgan fingerprint density at radius 3 is 1.27 bits per heavy atom. The van der Waals surface area contributed by atoms with Gasteiger partial charge in [0.2, 0.25) is 5.91 Å². The third kappa shape index (κ3) is 38.2. The summed E-state index contributed by atoms with van der Waals surface area (Å²) in [5, 5.41) is 9.33. The molecule has 3 unspecified atom stereocenters. The summed E-state index contributed by atoms with van der Waals surface area (Å²) in [7, 11) is -4.62. The lowest BCUT2D eigenvalue weighted by atomic mass is 9.81. The van der Waals surface area contributed by atoms with Crippen molar-refractivity contribution in [1.29, 1.82) is 0 Å². The van der Waals surface area contributed by atoms with Gasteiger partial charge in [-0.3, -0.25) is 19.2 Å². The molecule has 13 heteroatoms. The molecule has 1 amide bonds. The van der Waals surface area contributed by atoms with Gasteiger partial charge >= 0.3 is 17.9 Å². The number of esters is 3. The second-order valence-electron chi connectivity index (χ2n) is 21.5. The summed E-state index contributed by atoms with van der Waals surface area (Å²) in [6.45, 7) is 8.88. The van der Waals surface area contributed by atoms with Gasteiger partial charge in [-0.2, -0.15) is 0 Å². The lowest BCUT2D eigenvalue weighted by Crippen LogP contribution is -2.33. The van der Waals surface area contributed by atoms with Gasteiger partial charge < -0.3 is 28.8 Å². The molecular weight excluding hydrogens is 967 g/mol. The standard InChI is InChI=1S/C62H111NO11S/c1-5-9-11-13-15-17-19-21-23-25-27-29-31-33-35-37-46-63(47-38-36-34-32-30-28-26-24-22-20-18-16-14-12-10-6-2)59(65)44-45-60(66)72-50-51-74-61(67)54(8-4)52-57(62(68)73-49-48-64)53-56(39-7-3)55-40-42-58(43-41-55)75(69,70)71/h40-43,54,56-57,64H,5-39,44-53H2,1-4H3,(H,69,70,71)/p-1. The zero-order valence-corrected chi connectivity index (χ0v) is 49.1. The average molecular weight is 1080 g/mol. The van der Waals surface area contributed by atoms with Gasteiger partial charge in [0.05, 0.1) is 29.8 Å². The molecule has 0 bridgehead atoms. The van der Waals surface area contributed by atoms with E-state index >= 15 is 0 Å². The van der Waals surface area contributed by atoms with Crippen molar-refractivity contribution in [2.75, 3.05) is 39.5 Å². The maximum absolute atomic E-state index is 13.6. The highest BCUT2D eigenvalue weighted by Crippen LogP contribution is 2.34. The number of benzene rings is 1. The van der Waals surface area contributed by atoms with E-state index in [4.69, 9.17) is 14.2 Å². The molecule has 0 heterocycles. The molecule has 0 aliphatic rings. The summed E-state index contributed by atoms with van der Waals surface area (Å²) >= 11 is 0. The minimum absolute atomic E-state index is 0.0215. The number of unbranched alkanes of at least 4 members (excludes halogenated alkanes) is 30. The molecular formula is C62H110NO11S-. The first kappa shape index (κ1) is 70.0. The summed E-state index contributed by atoms with van der Waals surface area (Å²) < 4.78 is 50.8. The molecule has 1 aromatic rings. The molecule has 0 aromatic heterocycles. The topological polar surface area (TPSA) is 177 Å². The molecule has 1 aromatic carbocycles. The van der Waals surface area contributed by atoms with Gasteiger partial charge in [0.25, 0.3) is 0 Å². The fourth-order valence-corrected chi connectivity index (χ4v) is 10.7. The maximum Gasteiger partial charge on any atom is 0.309 e. The highest BCUT2D eigenvalue weighted by Gasteiger charge is 2.31. The number of aliphatic hydroxyl groups is 1. The van der Waals surface area contributed by atoms with Gasteiger partial charge in [0.1, 0.15) is 29.9 Å². The van der Waals surface area contributed by atoms with Gasteiger partial charge in [-0.15, -0.1) is 0 Å². The summed E-state index contributed by atoms with van der Waals surface area (Å²) in [6.07, 6.45) is 43.8. The average Bonchev–Trinajstić information content (AvgIpc) is 3.40. The molecule has 436 valence electrons. The highest BCUT2D eigenvalue weighted by atomic mass is 32.2. The summed E-state index contributed by atoms with van der Waals surface area (Å²) in [4.78, 5) is 54.6. The number of hydrogen-bond acceptors (Lipinski definition) is 11. The molecule has 0 saturated heterocycles. The van der Waals surface area contributed by atoms with Crippen LogP contribution < -0.4 is 0 Å². The van der Waals surface area contributed by atoms with Crippen LogP contribution in [0, 0.1) is 11.8 Å². The Bertz CT molecular complexity index is 1620. The highest BCUT2D eigenvalue weighted by molar-refractivity contribution is 7.85. The van der Waals surface area contributed by atoms with Crippen molar-refractivity contribution in [3.8, 4) is 0 Å². The van der Waals surface area contributed by atoms with E-state index in [1.165, 1.54) is 192 Å². The number of carbonyl (C=O) groups excluding carboxylic acids is 4. The Labute approximate surface area is 458 Å². The minimum atomic E-state index is -4.62. The fraction of sp³-hybridized carbons (Fsp3) is 0.839. The normalized spacial score (nSPS) is 12.8. The monoisotopic (exact) mass is 1080 g/mol. The van der Waals surface area contributed by atoms with Crippen LogP contribution >= 0.6 is 0 Å². The van der Waals surface area contributed by atoms with E-state index in [1.807, 2.05) is 18.7 Å². The number of ether oxygens (including phenoxy) is 3. The van der Waals surface area contributed by atoms with Crippen molar-refractivity contribution in [2.45, 2.75) is 289 Å². The van der Waals surface area contributed by atoms with Crippen molar-refractivity contribution in [1.82, 2.24) is 4.90 Å². The third-order valence-electron chi connectivity index (χ3n) is 15.0. The van der Waals surface area contributed by atoms with Crippen LogP contribution in [0.5, 0.6) is 0 Å². The van der Waals surface area contributed by atoms with Gasteiger partial charge in [-0.25, -0.2) is 8.42 Å². The van der Waals surface area contributed by atoms with Crippen LogP contribution in [-0.2, 0) is 43.5 Å². The lowest BCUT2D eigenvalue weighted by Gasteiger charge is -2.25. The van der Waals surface area contributed by atoms with Crippen LogP contribution in [0.2, 0.25) is 0 Å². The van der Waals surface area contributed by atoms with Crippen molar-refractivity contribution in [3.05, 3.63) is 29.8 Å². The molecule has 0 saturated carbocycles. The molecule has 1 rings (SSSR count). The Morgan fingerprint density at radius 1 is 0.493 bits per heavy atom. The van der Waals surface area contributed by atoms with Gasteiger partial charge in [-0.1, -0.05) is 239 Å². The second kappa shape index (κ2) is 48.1. The number of rotatable bonds is 53. The third-order valence-corrected chi connectivity index (χ3v) is 15.8. The van der Waals surface area contributed by atoms with Crippen molar-refractivity contribution >= 4 is 33.9 Å². The van der Waals surface area contributed by atoms with Crippen LogP contribution in [-0.4, -0.2) is 86.3 Å². The van der Waals surface area contributed by atoms with Crippen LogP contribution in [0.3, 0.4) is 0 Å². The first-order valence-electron chi connectivity index (χ1n) is 30.8. The first-order valence-corrected chi connectivity index (χ1v) is 32.3. The van der Waals surface area contributed by atoms with E-state index in [0.717, 1.165) is 37.7 Å². The quantitative estimate of drug-likeness (QED) is 0.0284. The lowest BCUT2D eigenvalue weighted by molar-refractivity contribution is -0.157. The van der Waals surface area contributed by atoms with Crippen molar-refractivity contribution in [2.24, 2.45) is 11.8 Å². The first-order chi connectivity index (χ1) is 36.4. The van der Waals surface area contributed by atoms with Gasteiger partial charge in [-0.05, 0) is 62.1 Å². The summed E-state index contributed by atoms with van der Waals surface area (Å²) in [5.74, 6) is -3.26. The summed E-state index contributed by atoms with van der Waals surface area (Å²) in [6, 6.07) is 5.67. The predicted octanol–water partition coefficient (Wildman–Crippen LogP) is 15.7. The van der Waals surface area contributed by atoms with Crippen LogP contribution in [0.15, 0.2) is 29.2 Å². The van der Waals surface area contributed by atoms with E-state index in [0.29, 0.717) is 25.9 Å². The van der Waals surface area contributed by atoms with E-state index in [2.05, 4.69) is 13.8 Å². The van der Waals surface area contributed by atoms with E-state index in [1.54, 1.807) is 12.1 Å². The predicted molar refractivity (Wildman–Crippen MR) is 303 cm³/mol. The zero-order valence-electron chi connectivity index (χ0n) is 48.2. The molecule has 0 fully saturated rings. The van der Waals surface area contributed by atoms with Crippen molar-refractivity contribution < 1.29 is 51.5 Å². The van der Waals surface area contributed by atoms with Crippen LogP contribution in [0.4, 0.5) is 0 Å². The Hall–Kier alpha value is -3.03. The zero-order chi connectivity index (χ0) is 55.0. The number of amides is 1. The van der Waals surface area contributed by atoms with Crippen LogP contribution in [0.1, 0.15) is 290 Å². The molecule has 12 nitrogen and oxygen atoms in total. The van der Waals surface area contributed by atoms with Crippen LogP contribution in [0.25, 0.3) is 0 Å². The molecule has 75 heavy (non-hydrogen) atoms. The van der Waals surface area contributed by atoms with Gasteiger partial charge in [0.15, 0.2) is 0 Å². The molecule has 1 N–H and O–H groups in total. The Morgan fingerprint density at radius 2 is 0.880 bits per heavy atom. The number of carbonyl (C=O) groups is 4. The molecule has 0 radical (unpaired) electrons. The smallest absolute Gasteiger partial charge is 0.309 e. The Kier molecular flexibility index (Phi) is 44.9. The fourth-order valence-electron chi connectivity index (χ4n) is 10.3. The molecule has 0 aliphatic heterocycles. The summed E-state index contributed by atoms with van der Waals surface area (Å²) in [5.41, 5.74) is 0.752. The largest absolute Gasteiger partial charge is 0.744 e. The van der Waals surface area contributed by atoms with Gasteiger partial charge in [0, 0.05) is 19.5 Å². The van der Waals surface area contributed by atoms with E-state index < -0.39 is 39.9 Å². The van der Waals surface area contributed by atoms with E-state index in [9.17, 15) is 37.3 Å². The molecule has 0 spiro atoms. The number of aliphatic hydroxyl groups excluding tert-OH is 1. The SMILES string of the molecule is CCCCCCCCCCCCCCCCCCN(CCCCCCCCCCCCCCCCCC)C(=O)CCC(=O)OCCOC(=O)C(CC)CC(CC(CCC)c1ccc(S(=O)(=O)[O-])cc1)C(=O)OCCO. The molecule has 3 atom stereocenters. The maximum atomic E-state index is 13.6. The number of nitrogens with zero attached hydrogens (tertiary/aromatic N) is 1. The van der Waals surface area contributed by atoms with E-state index in [-0.39, 0.29) is 68.8 Å². The number of hydrogen-bond donors (Lipinski definition) is 1. The second-order valence-corrected chi connectivity index (χ2v) is 22.9. The minimum Gasteiger partial charge on any atom is -0.744 e.